The Balaban J connectivity index is 1.48. The van der Waals surface area contributed by atoms with E-state index >= 15 is 0 Å². The van der Waals surface area contributed by atoms with Crippen LogP contribution in [0.1, 0.15) is 34.6 Å². The number of benzene rings is 2. The molecule has 1 fully saturated rings. The van der Waals surface area contributed by atoms with Gasteiger partial charge in [-0.05, 0) is 56.2 Å². The summed E-state index contributed by atoms with van der Waals surface area (Å²) in [5.74, 6) is 1.51. The molecule has 0 unspecified atom stereocenters. The summed E-state index contributed by atoms with van der Waals surface area (Å²) >= 11 is 6.04. The number of carbonyl (C=O) groups is 1. The predicted octanol–water partition coefficient (Wildman–Crippen LogP) is 6.10. The fraction of sp³-hybridized carbons (Fsp3) is 0.346. The third kappa shape index (κ3) is 6.26. The van der Waals surface area contributed by atoms with Crippen molar-refractivity contribution < 1.29 is 18.0 Å². The smallest absolute Gasteiger partial charge is 0.354 e. The van der Waals surface area contributed by atoms with Crippen LogP contribution in [0.2, 0.25) is 5.02 Å². The van der Waals surface area contributed by atoms with E-state index in [-0.39, 0.29) is 5.69 Å². The molecule has 190 valence electrons. The molecule has 0 saturated carbocycles. The maximum absolute atomic E-state index is 13.0. The van der Waals surface area contributed by atoms with Crippen molar-refractivity contribution >= 4 is 29.1 Å². The summed E-state index contributed by atoms with van der Waals surface area (Å²) in [7, 11) is 0. The van der Waals surface area contributed by atoms with Crippen molar-refractivity contribution in [1.82, 2.24) is 14.9 Å². The van der Waals surface area contributed by atoms with E-state index < -0.39 is 17.8 Å². The Morgan fingerprint density at radius 3 is 2.50 bits per heavy atom. The third-order valence-corrected chi connectivity index (χ3v) is 6.37. The van der Waals surface area contributed by atoms with Crippen molar-refractivity contribution in [2.45, 2.75) is 32.9 Å². The van der Waals surface area contributed by atoms with E-state index in [0.29, 0.717) is 49.9 Å². The second-order valence-electron chi connectivity index (χ2n) is 8.80. The zero-order chi connectivity index (χ0) is 25.9. The number of hydrogen-bond acceptors (Lipinski definition) is 4. The average Bonchev–Trinajstić information content (AvgIpc) is 3.08. The predicted molar refractivity (Wildman–Crippen MR) is 135 cm³/mol. The van der Waals surface area contributed by atoms with Crippen LogP contribution in [-0.4, -0.2) is 47.1 Å². The molecule has 2 amide bonds. The number of alkyl halides is 3. The molecule has 0 aliphatic carbocycles. The van der Waals surface area contributed by atoms with Crippen LogP contribution in [0.4, 0.5) is 29.5 Å². The molecule has 10 heteroatoms. The van der Waals surface area contributed by atoms with Crippen LogP contribution in [0.25, 0.3) is 0 Å². The molecule has 4 rings (SSSR count). The van der Waals surface area contributed by atoms with Gasteiger partial charge in [0.05, 0.1) is 5.56 Å². The van der Waals surface area contributed by atoms with Crippen LogP contribution < -0.4 is 10.2 Å². The number of aryl methyl sites for hydroxylation is 2. The molecule has 0 spiro atoms. The summed E-state index contributed by atoms with van der Waals surface area (Å²) in [4.78, 5) is 25.9. The van der Waals surface area contributed by atoms with Crippen LogP contribution in [-0.2, 0) is 12.6 Å². The van der Waals surface area contributed by atoms with Crippen LogP contribution >= 0.6 is 11.6 Å². The standard InChI is InChI=1S/C26H27ClF3N5O/c1-17-23(15-19-7-9-21(27)10-8-19)24(32-18(2)31-17)34-11-4-12-35(14-13-34)25(36)33-22-6-3-5-20(16-22)26(28,29)30/h3,5-10,16H,4,11-15H2,1-2H3,(H,33,36). The van der Waals surface area contributed by atoms with Gasteiger partial charge < -0.3 is 15.1 Å². The largest absolute Gasteiger partial charge is 0.416 e. The van der Waals surface area contributed by atoms with Gasteiger partial charge in [-0.2, -0.15) is 13.2 Å². The van der Waals surface area contributed by atoms with Gasteiger partial charge in [0.15, 0.2) is 0 Å². The molecule has 6 nitrogen and oxygen atoms in total. The molecule has 36 heavy (non-hydrogen) atoms. The van der Waals surface area contributed by atoms with Gasteiger partial charge in [-0.25, -0.2) is 14.8 Å². The van der Waals surface area contributed by atoms with Gasteiger partial charge in [-0.1, -0.05) is 29.8 Å². The molecule has 1 aromatic heterocycles. The molecule has 0 bridgehead atoms. The molecule has 2 heterocycles. The van der Waals surface area contributed by atoms with Crippen molar-refractivity contribution in [3.05, 3.63) is 81.8 Å². The number of rotatable bonds is 4. The molecular formula is C26H27ClF3N5O. The fourth-order valence-corrected chi connectivity index (χ4v) is 4.43. The van der Waals surface area contributed by atoms with E-state index in [4.69, 9.17) is 16.6 Å². The van der Waals surface area contributed by atoms with E-state index in [1.807, 2.05) is 38.1 Å². The van der Waals surface area contributed by atoms with E-state index in [2.05, 4.69) is 15.2 Å². The van der Waals surface area contributed by atoms with E-state index in [1.165, 1.54) is 12.1 Å². The first-order valence-electron chi connectivity index (χ1n) is 11.7. The molecule has 1 N–H and O–H groups in total. The second-order valence-corrected chi connectivity index (χ2v) is 9.23. The first-order valence-corrected chi connectivity index (χ1v) is 12.0. The third-order valence-electron chi connectivity index (χ3n) is 6.12. The van der Waals surface area contributed by atoms with E-state index in [0.717, 1.165) is 34.8 Å². The minimum atomic E-state index is -4.47. The van der Waals surface area contributed by atoms with Crippen molar-refractivity contribution in [3.63, 3.8) is 0 Å². The zero-order valence-electron chi connectivity index (χ0n) is 20.1. The van der Waals surface area contributed by atoms with Crippen molar-refractivity contribution in [1.29, 1.82) is 0 Å². The fourth-order valence-electron chi connectivity index (χ4n) is 4.30. The minimum Gasteiger partial charge on any atom is -0.354 e. The lowest BCUT2D eigenvalue weighted by Gasteiger charge is -2.26. The molecule has 3 aromatic rings. The number of aromatic nitrogens is 2. The Morgan fingerprint density at radius 1 is 1.03 bits per heavy atom. The molecular weight excluding hydrogens is 491 g/mol. The highest BCUT2D eigenvalue weighted by Crippen LogP contribution is 2.31. The maximum Gasteiger partial charge on any atom is 0.416 e. The number of hydrogen-bond donors (Lipinski definition) is 1. The van der Waals surface area contributed by atoms with Gasteiger partial charge in [0.2, 0.25) is 0 Å². The van der Waals surface area contributed by atoms with Gasteiger partial charge in [-0.3, -0.25) is 0 Å². The zero-order valence-corrected chi connectivity index (χ0v) is 20.8. The summed E-state index contributed by atoms with van der Waals surface area (Å²) in [6, 6.07) is 11.9. The van der Waals surface area contributed by atoms with E-state index in [1.54, 1.807) is 4.90 Å². The van der Waals surface area contributed by atoms with Crippen LogP contribution in [0.3, 0.4) is 0 Å². The Hall–Kier alpha value is -3.33. The maximum atomic E-state index is 13.0. The quantitative estimate of drug-likeness (QED) is 0.454. The number of nitrogens with one attached hydrogen (secondary N) is 1. The van der Waals surface area contributed by atoms with E-state index in [9.17, 15) is 18.0 Å². The highest BCUT2D eigenvalue weighted by molar-refractivity contribution is 6.30. The molecule has 1 aliphatic rings. The highest BCUT2D eigenvalue weighted by atomic mass is 35.5. The molecule has 1 aliphatic heterocycles. The first-order chi connectivity index (χ1) is 17.1. The number of anilines is 2. The molecule has 1 saturated heterocycles. The first kappa shape index (κ1) is 25.8. The van der Waals surface area contributed by atoms with Crippen LogP contribution in [0, 0.1) is 13.8 Å². The van der Waals surface area contributed by atoms with Crippen LogP contribution in [0.15, 0.2) is 48.5 Å². The number of nitrogens with zero attached hydrogens (tertiary/aromatic N) is 4. The lowest BCUT2D eigenvalue weighted by molar-refractivity contribution is -0.137. The summed E-state index contributed by atoms with van der Waals surface area (Å²) in [5, 5.41) is 3.28. The van der Waals surface area contributed by atoms with Gasteiger partial charge in [0.1, 0.15) is 11.6 Å². The van der Waals surface area contributed by atoms with Crippen molar-refractivity contribution in [2.24, 2.45) is 0 Å². The van der Waals surface area contributed by atoms with Gasteiger partial charge in [-0.15, -0.1) is 0 Å². The van der Waals surface area contributed by atoms with Gasteiger partial charge in [0, 0.05) is 54.6 Å². The Labute approximate surface area is 213 Å². The van der Waals surface area contributed by atoms with Gasteiger partial charge >= 0.3 is 12.2 Å². The second kappa shape index (κ2) is 10.7. The molecule has 0 radical (unpaired) electrons. The van der Waals surface area contributed by atoms with Gasteiger partial charge in [0.25, 0.3) is 0 Å². The number of carbonyl (C=O) groups excluding carboxylic acids is 1. The molecule has 0 atom stereocenters. The topological polar surface area (TPSA) is 61.4 Å². The SMILES string of the molecule is Cc1nc(C)c(Cc2ccc(Cl)cc2)c(N2CCCN(C(=O)Nc3cccc(C(F)(F)F)c3)CC2)n1. The Morgan fingerprint density at radius 2 is 1.78 bits per heavy atom. The summed E-state index contributed by atoms with van der Waals surface area (Å²) in [5.41, 5.74) is 2.32. The molecule has 2 aromatic carbocycles. The number of halogens is 4. The number of amides is 2. The highest BCUT2D eigenvalue weighted by Gasteiger charge is 2.31. The van der Waals surface area contributed by atoms with Crippen molar-refractivity contribution in [2.75, 3.05) is 36.4 Å². The Bertz CT molecular complexity index is 1230. The normalized spacial score (nSPS) is 14.5. The number of urea groups is 1. The van der Waals surface area contributed by atoms with Crippen molar-refractivity contribution in [3.8, 4) is 0 Å². The summed E-state index contributed by atoms with van der Waals surface area (Å²) in [6.45, 7) is 5.95. The lowest BCUT2D eigenvalue weighted by Crippen LogP contribution is -2.38. The average molecular weight is 518 g/mol. The lowest BCUT2D eigenvalue weighted by atomic mass is 10.0. The van der Waals surface area contributed by atoms with Crippen LogP contribution in [0.5, 0.6) is 0 Å². The minimum absolute atomic E-state index is 0.114. The Kier molecular flexibility index (Phi) is 7.68. The summed E-state index contributed by atoms with van der Waals surface area (Å²) in [6.07, 6.45) is -3.13. The monoisotopic (exact) mass is 517 g/mol. The summed E-state index contributed by atoms with van der Waals surface area (Å²) < 4.78 is 39.1.